The van der Waals surface area contributed by atoms with Crippen LogP contribution in [0, 0.1) is 12.8 Å². The first-order valence-electron chi connectivity index (χ1n) is 5.51. The fourth-order valence-corrected chi connectivity index (χ4v) is 3.12. The topological polar surface area (TPSA) is 53.4 Å². The largest absolute Gasteiger partial charge is 0.480 e. The molecule has 0 aromatic carbocycles. The van der Waals surface area contributed by atoms with Gasteiger partial charge in [-0.2, -0.15) is 0 Å². The average Bonchev–Trinajstić information content (AvgIpc) is 2.63. The lowest BCUT2D eigenvalue weighted by Gasteiger charge is -2.37. The SMILES string of the molecule is Cc1csc(N2CCCC(C)C2C(=O)O)n1. The zero-order chi connectivity index (χ0) is 11.7. The summed E-state index contributed by atoms with van der Waals surface area (Å²) >= 11 is 1.53. The van der Waals surface area contributed by atoms with Crippen molar-refractivity contribution in [1.29, 1.82) is 0 Å². The van der Waals surface area contributed by atoms with E-state index in [2.05, 4.69) is 4.98 Å². The van der Waals surface area contributed by atoms with Gasteiger partial charge in [0.2, 0.25) is 0 Å². The molecule has 0 saturated carbocycles. The van der Waals surface area contributed by atoms with Gasteiger partial charge in [-0.1, -0.05) is 6.92 Å². The zero-order valence-corrected chi connectivity index (χ0v) is 10.3. The highest BCUT2D eigenvalue weighted by Crippen LogP contribution is 2.30. The quantitative estimate of drug-likeness (QED) is 0.860. The fraction of sp³-hybridized carbons (Fsp3) is 0.636. The number of thiazole rings is 1. The van der Waals surface area contributed by atoms with Gasteiger partial charge in [0.25, 0.3) is 0 Å². The minimum absolute atomic E-state index is 0.190. The Balaban J connectivity index is 2.27. The molecule has 0 spiro atoms. The van der Waals surface area contributed by atoms with Crippen LogP contribution in [0.1, 0.15) is 25.5 Å². The third kappa shape index (κ3) is 2.04. The molecule has 1 fully saturated rings. The molecule has 88 valence electrons. The number of carboxylic acid groups (broad SMARTS) is 1. The third-order valence-electron chi connectivity index (χ3n) is 3.04. The summed E-state index contributed by atoms with van der Waals surface area (Å²) in [5, 5.41) is 12.1. The predicted molar refractivity (Wildman–Crippen MR) is 64.0 cm³/mol. The minimum atomic E-state index is -0.736. The molecule has 0 amide bonds. The second kappa shape index (κ2) is 4.41. The van der Waals surface area contributed by atoms with Crippen LogP contribution in [0.3, 0.4) is 0 Å². The molecule has 2 heterocycles. The van der Waals surface area contributed by atoms with Gasteiger partial charge in [-0.3, -0.25) is 0 Å². The van der Waals surface area contributed by atoms with Crippen molar-refractivity contribution in [1.82, 2.24) is 4.98 Å². The summed E-state index contributed by atoms with van der Waals surface area (Å²) < 4.78 is 0. The van der Waals surface area contributed by atoms with E-state index < -0.39 is 12.0 Å². The van der Waals surface area contributed by atoms with E-state index in [1.165, 1.54) is 11.3 Å². The van der Waals surface area contributed by atoms with Crippen molar-refractivity contribution in [3.63, 3.8) is 0 Å². The number of hydrogen-bond donors (Lipinski definition) is 1. The molecule has 0 bridgehead atoms. The highest BCUT2D eigenvalue weighted by molar-refractivity contribution is 7.13. The Labute approximate surface area is 98.9 Å². The number of rotatable bonds is 2. The first-order valence-corrected chi connectivity index (χ1v) is 6.39. The molecule has 1 saturated heterocycles. The molecule has 1 aromatic heterocycles. The fourth-order valence-electron chi connectivity index (χ4n) is 2.25. The number of carboxylic acids is 1. The van der Waals surface area contributed by atoms with Crippen molar-refractivity contribution in [3.05, 3.63) is 11.1 Å². The van der Waals surface area contributed by atoms with Crippen LogP contribution in [-0.4, -0.2) is 28.6 Å². The lowest BCUT2D eigenvalue weighted by Crippen LogP contribution is -2.49. The number of piperidine rings is 1. The molecule has 5 heteroatoms. The van der Waals surface area contributed by atoms with Crippen LogP contribution in [0.25, 0.3) is 0 Å². The molecule has 2 unspecified atom stereocenters. The van der Waals surface area contributed by atoms with Gasteiger partial charge in [0.1, 0.15) is 6.04 Å². The molecule has 1 aromatic rings. The van der Waals surface area contributed by atoms with E-state index in [1.807, 2.05) is 24.1 Å². The summed E-state index contributed by atoms with van der Waals surface area (Å²) in [7, 11) is 0. The molecule has 16 heavy (non-hydrogen) atoms. The Bertz CT molecular complexity index is 391. The van der Waals surface area contributed by atoms with Crippen LogP contribution in [0.5, 0.6) is 0 Å². The van der Waals surface area contributed by atoms with E-state index in [-0.39, 0.29) is 5.92 Å². The van der Waals surface area contributed by atoms with Crippen LogP contribution >= 0.6 is 11.3 Å². The molecule has 0 radical (unpaired) electrons. The molecule has 1 aliphatic heterocycles. The number of aliphatic carboxylic acids is 1. The summed E-state index contributed by atoms with van der Waals surface area (Å²) in [6.07, 6.45) is 2.03. The van der Waals surface area contributed by atoms with Crippen LogP contribution in [0.4, 0.5) is 5.13 Å². The molecular weight excluding hydrogens is 224 g/mol. The lowest BCUT2D eigenvalue weighted by atomic mass is 9.91. The summed E-state index contributed by atoms with van der Waals surface area (Å²) in [5.74, 6) is -0.546. The first-order chi connectivity index (χ1) is 7.59. The van der Waals surface area contributed by atoms with Crippen LogP contribution in [0.2, 0.25) is 0 Å². The second-order valence-corrected chi connectivity index (χ2v) is 5.20. The summed E-state index contributed by atoms with van der Waals surface area (Å²) in [6.45, 7) is 4.74. The second-order valence-electron chi connectivity index (χ2n) is 4.37. The van der Waals surface area contributed by atoms with Crippen molar-refractivity contribution in [3.8, 4) is 0 Å². The Morgan fingerprint density at radius 2 is 2.44 bits per heavy atom. The smallest absolute Gasteiger partial charge is 0.326 e. The highest BCUT2D eigenvalue weighted by Gasteiger charge is 2.35. The molecular formula is C11H16N2O2S. The number of nitrogens with zero attached hydrogens (tertiary/aromatic N) is 2. The van der Waals surface area contributed by atoms with Gasteiger partial charge in [0.05, 0.1) is 5.69 Å². The third-order valence-corrected chi connectivity index (χ3v) is 4.03. The zero-order valence-electron chi connectivity index (χ0n) is 9.51. The molecule has 1 aliphatic rings. The molecule has 0 aliphatic carbocycles. The highest BCUT2D eigenvalue weighted by atomic mass is 32.1. The number of hydrogen-bond acceptors (Lipinski definition) is 4. The van der Waals surface area contributed by atoms with E-state index in [9.17, 15) is 9.90 Å². The molecule has 1 N–H and O–H groups in total. The van der Waals surface area contributed by atoms with E-state index in [4.69, 9.17) is 0 Å². The van der Waals surface area contributed by atoms with Crippen molar-refractivity contribution >= 4 is 22.4 Å². The lowest BCUT2D eigenvalue weighted by molar-refractivity contribution is -0.140. The maximum absolute atomic E-state index is 11.3. The number of aromatic nitrogens is 1. The summed E-state index contributed by atoms with van der Waals surface area (Å²) in [5.41, 5.74) is 0.961. The van der Waals surface area contributed by atoms with Gasteiger partial charge >= 0.3 is 5.97 Å². The number of aryl methyl sites for hydroxylation is 1. The predicted octanol–water partition coefficient (Wildman–Crippen LogP) is 2.14. The van der Waals surface area contributed by atoms with Crippen molar-refractivity contribution in [2.24, 2.45) is 5.92 Å². The number of anilines is 1. The van der Waals surface area contributed by atoms with E-state index in [0.717, 1.165) is 30.2 Å². The van der Waals surface area contributed by atoms with E-state index in [0.29, 0.717) is 0 Å². The number of carbonyl (C=O) groups is 1. The van der Waals surface area contributed by atoms with Gasteiger partial charge < -0.3 is 10.0 Å². The van der Waals surface area contributed by atoms with Crippen LogP contribution in [0.15, 0.2) is 5.38 Å². The minimum Gasteiger partial charge on any atom is -0.480 e. The van der Waals surface area contributed by atoms with Crippen molar-refractivity contribution < 1.29 is 9.90 Å². The van der Waals surface area contributed by atoms with Gasteiger partial charge in [-0.25, -0.2) is 9.78 Å². The van der Waals surface area contributed by atoms with Crippen LogP contribution < -0.4 is 4.90 Å². The van der Waals surface area contributed by atoms with Crippen molar-refractivity contribution in [2.75, 3.05) is 11.4 Å². The Kier molecular flexibility index (Phi) is 3.14. The maximum atomic E-state index is 11.3. The molecule has 4 nitrogen and oxygen atoms in total. The van der Waals surface area contributed by atoms with Crippen LogP contribution in [-0.2, 0) is 4.79 Å². The molecule has 2 atom stereocenters. The Hall–Kier alpha value is -1.10. The normalized spacial score (nSPS) is 25.8. The molecule has 2 rings (SSSR count). The van der Waals surface area contributed by atoms with E-state index >= 15 is 0 Å². The van der Waals surface area contributed by atoms with Gasteiger partial charge in [0.15, 0.2) is 5.13 Å². The average molecular weight is 240 g/mol. The monoisotopic (exact) mass is 240 g/mol. The Morgan fingerprint density at radius 1 is 1.69 bits per heavy atom. The summed E-state index contributed by atoms with van der Waals surface area (Å²) in [4.78, 5) is 17.6. The van der Waals surface area contributed by atoms with Crippen molar-refractivity contribution in [2.45, 2.75) is 32.7 Å². The van der Waals surface area contributed by atoms with Gasteiger partial charge in [-0.05, 0) is 25.7 Å². The standard InChI is InChI=1S/C11H16N2O2S/c1-7-4-3-5-13(9(7)10(14)15)11-12-8(2)6-16-11/h6-7,9H,3-5H2,1-2H3,(H,14,15). The first kappa shape index (κ1) is 11.4. The summed E-state index contributed by atoms with van der Waals surface area (Å²) in [6, 6.07) is -0.417. The maximum Gasteiger partial charge on any atom is 0.326 e. The van der Waals surface area contributed by atoms with Gasteiger partial charge in [-0.15, -0.1) is 11.3 Å². The van der Waals surface area contributed by atoms with E-state index in [1.54, 1.807) is 0 Å². The Morgan fingerprint density at radius 3 is 3.00 bits per heavy atom. The van der Waals surface area contributed by atoms with Gasteiger partial charge in [0, 0.05) is 11.9 Å².